The molecule has 1 fully saturated rings. The van der Waals surface area contributed by atoms with Gasteiger partial charge < -0.3 is 10.2 Å². The van der Waals surface area contributed by atoms with Crippen molar-refractivity contribution in [3.8, 4) is 0 Å². The van der Waals surface area contributed by atoms with Crippen LogP contribution in [0.4, 0.5) is 18.9 Å². The smallest absolute Gasteiger partial charge is 0.352 e. The molecule has 43 heavy (non-hydrogen) atoms. The van der Waals surface area contributed by atoms with Crippen LogP contribution in [0.25, 0.3) is 0 Å². The van der Waals surface area contributed by atoms with E-state index >= 15 is 0 Å². The van der Waals surface area contributed by atoms with E-state index in [4.69, 9.17) is 23.2 Å². The van der Waals surface area contributed by atoms with Crippen LogP contribution in [0.2, 0.25) is 10.0 Å². The van der Waals surface area contributed by atoms with Gasteiger partial charge in [0.05, 0.1) is 21.2 Å². The van der Waals surface area contributed by atoms with E-state index in [9.17, 15) is 31.2 Å². The molecule has 0 bridgehead atoms. The number of hydrogen-bond donors (Lipinski definition) is 1. The number of rotatable bonds is 10. The van der Waals surface area contributed by atoms with E-state index in [2.05, 4.69) is 5.32 Å². The summed E-state index contributed by atoms with van der Waals surface area (Å²) in [6.45, 7) is 0.525. The van der Waals surface area contributed by atoms with Crippen molar-refractivity contribution in [3.63, 3.8) is 0 Å². The lowest BCUT2D eigenvalue weighted by Gasteiger charge is -2.32. The second-order valence-electron chi connectivity index (χ2n) is 10.3. The molecule has 0 aromatic heterocycles. The molecule has 0 heterocycles. The van der Waals surface area contributed by atoms with Crippen LogP contribution in [-0.2, 0) is 32.3 Å². The maximum Gasteiger partial charge on any atom is 0.417 e. The Balaban J connectivity index is 1.75. The maximum absolute atomic E-state index is 14.0. The molecule has 0 unspecified atom stereocenters. The van der Waals surface area contributed by atoms with E-state index < -0.39 is 56.9 Å². The third kappa shape index (κ3) is 8.01. The van der Waals surface area contributed by atoms with Crippen LogP contribution in [0.3, 0.4) is 0 Å². The molecule has 7 nitrogen and oxygen atoms in total. The number of carbonyl (C=O) groups is 2. The normalized spacial score (nSPS) is 14.7. The van der Waals surface area contributed by atoms with Crippen molar-refractivity contribution in [2.45, 2.75) is 62.3 Å². The third-order valence-corrected chi connectivity index (χ3v) is 9.62. The van der Waals surface area contributed by atoms with Crippen LogP contribution in [0.5, 0.6) is 0 Å². The van der Waals surface area contributed by atoms with Crippen LogP contribution in [-0.4, -0.2) is 43.8 Å². The van der Waals surface area contributed by atoms with E-state index in [-0.39, 0.29) is 17.5 Å². The Morgan fingerprint density at radius 1 is 0.977 bits per heavy atom. The number of nitrogens with one attached hydrogen (secondary N) is 1. The van der Waals surface area contributed by atoms with E-state index in [1.807, 2.05) is 0 Å². The maximum atomic E-state index is 14.0. The van der Waals surface area contributed by atoms with Gasteiger partial charge in [0.25, 0.3) is 10.0 Å². The number of amides is 2. The minimum absolute atomic E-state index is 0.0390. The standard InChI is InChI=1S/C30H30Cl2F3N3O4S/c1-20(29(40)36-23-10-5-6-11-23)37(18-21-8-7-9-22(31)16-21)28(39)19-38(43(41,42)25-12-3-2-4-13-25)24-14-15-27(32)26(17-24)30(33,34)35/h2-4,7-9,12-17,20,23H,5-6,10-11,18-19H2,1H3,(H,36,40)/t20-/m0/s1. The molecule has 230 valence electrons. The molecule has 0 saturated heterocycles. The lowest BCUT2D eigenvalue weighted by molar-refractivity contribution is -0.139. The van der Waals surface area contributed by atoms with Crippen molar-refractivity contribution in [3.05, 3.63) is 94.0 Å². The molecule has 4 rings (SSSR count). The Morgan fingerprint density at radius 2 is 1.65 bits per heavy atom. The Labute approximate surface area is 258 Å². The Hall–Kier alpha value is -3.28. The molecular formula is C30H30Cl2F3N3O4S. The number of benzene rings is 3. The van der Waals surface area contributed by atoms with Crippen LogP contribution >= 0.6 is 23.2 Å². The minimum Gasteiger partial charge on any atom is -0.352 e. The highest BCUT2D eigenvalue weighted by atomic mass is 35.5. The molecule has 1 N–H and O–H groups in total. The summed E-state index contributed by atoms with van der Waals surface area (Å²) in [6.07, 6.45) is -1.33. The molecule has 0 aliphatic heterocycles. The van der Waals surface area contributed by atoms with E-state index in [1.54, 1.807) is 30.3 Å². The van der Waals surface area contributed by atoms with Gasteiger partial charge in [0.2, 0.25) is 11.8 Å². The van der Waals surface area contributed by atoms with Crippen molar-refractivity contribution in [2.75, 3.05) is 10.8 Å². The predicted molar refractivity (Wildman–Crippen MR) is 159 cm³/mol. The average Bonchev–Trinajstić information content (AvgIpc) is 3.47. The zero-order valence-corrected chi connectivity index (χ0v) is 25.5. The topological polar surface area (TPSA) is 86.8 Å². The molecule has 3 aromatic rings. The van der Waals surface area contributed by atoms with Crippen molar-refractivity contribution < 1.29 is 31.2 Å². The summed E-state index contributed by atoms with van der Waals surface area (Å²) in [4.78, 5) is 28.2. The fourth-order valence-corrected chi connectivity index (χ4v) is 6.81. The first-order valence-electron chi connectivity index (χ1n) is 13.6. The highest BCUT2D eigenvalue weighted by Gasteiger charge is 2.37. The second kappa shape index (κ2) is 13.6. The average molecular weight is 657 g/mol. The van der Waals surface area contributed by atoms with Gasteiger partial charge in [-0.15, -0.1) is 0 Å². The highest BCUT2D eigenvalue weighted by Crippen LogP contribution is 2.38. The fraction of sp³-hybridized carbons (Fsp3) is 0.333. The number of hydrogen-bond acceptors (Lipinski definition) is 4. The molecule has 1 aliphatic carbocycles. The number of sulfonamides is 1. The summed E-state index contributed by atoms with van der Waals surface area (Å²) in [5.74, 6) is -1.23. The van der Waals surface area contributed by atoms with Gasteiger partial charge in [0.1, 0.15) is 12.6 Å². The van der Waals surface area contributed by atoms with Crippen molar-refractivity contribution in [1.82, 2.24) is 10.2 Å². The number of anilines is 1. The number of halogens is 5. The Bertz CT molecular complexity index is 1570. The summed E-state index contributed by atoms with van der Waals surface area (Å²) in [7, 11) is -4.55. The third-order valence-electron chi connectivity index (χ3n) is 7.26. The fourth-order valence-electron chi connectivity index (χ4n) is 4.94. The van der Waals surface area contributed by atoms with Gasteiger partial charge in [-0.3, -0.25) is 13.9 Å². The minimum atomic E-state index is -4.88. The molecule has 2 amide bonds. The second-order valence-corrected chi connectivity index (χ2v) is 13.0. The quantitative estimate of drug-likeness (QED) is 0.264. The van der Waals surface area contributed by atoms with Gasteiger partial charge >= 0.3 is 6.18 Å². The molecule has 1 aliphatic rings. The van der Waals surface area contributed by atoms with Gasteiger partial charge in [-0.05, 0) is 67.8 Å². The van der Waals surface area contributed by atoms with Gasteiger partial charge in [0.15, 0.2) is 0 Å². The highest BCUT2D eigenvalue weighted by molar-refractivity contribution is 7.92. The first kappa shape index (κ1) is 32.6. The van der Waals surface area contributed by atoms with Gasteiger partial charge in [0, 0.05) is 17.6 Å². The summed E-state index contributed by atoms with van der Waals surface area (Å²) in [5.41, 5.74) is -1.10. The molecular weight excluding hydrogens is 626 g/mol. The van der Waals surface area contributed by atoms with Gasteiger partial charge in [-0.1, -0.05) is 66.4 Å². The molecule has 1 atom stereocenters. The Morgan fingerprint density at radius 3 is 2.28 bits per heavy atom. The monoisotopic (exact) mass is 655 g/mol. The zero-order valence-electron chi connectivity index (χ0n) is 23.2. The number of nitrogens with zero attached hydrogens (tertiary/aromatic N) is 2. The van der Waals surface area contributed by atoms with E-state index in [0.29, 0.717) is 21.0 Å². The number of carbonyl (C=O) groups excluding carboxylic acids is 2. The molecule has 13 heteroatoms. The van der Waals surface area contributed by atoms with Crippen molar-refractivity contribution in [2.24, 2.45) is 0 Å². The van der Waals surface area contributed by atoms with Crippen molar-refractivity contribution >= 4 is 50.7 Å². The lowest BCUT2D eigenvalue weighted by Crippen LogP contribution is -2.52. The Kier molecular flexibility index (Phi) is 10.3. The predicted octanol–water partition coefficient (Wildman–Crippen LogP) is 6.68. The molecule has 0 radical (unpaired) electrons. The van der Waals surface area contributed by atoms with E-state index in [0.717, 1.165) is 37.8 Å². The summed E-state index contributed by atoms with van der Waals surface area (Å²) in [6, 6.07) is 15.2. The van der Waals surface area contributed by atoms with Gasteiger partial charge in [-0.25, -0.2) is 8.42 Å². The molecule has 0 spiro atoms. The van der Waals surface area contributed by atoms with Gasteiger partial charge in [-0.2, -0.15) is 13.2 Å². The van der Waals surface area contributed by atoms with Crippen molar-refractivity contribution in [1.29, 1.82) is 0 Å². The largest absolute Gasteiger partial charge is 0.417 e. The summed E-state index contributed by atoms with van der Waals surface area (Å²) in [5, 5.41) is 2.72. The number of alkyl halides is 3. The molecule has 1 saturated carbocycles. The molecule has 3 aromatic carbocycles. The van der Waals surface area contributed by atoms with Crippen LogP contribution in [0, 0.1) is 0 Å². The lowest BCUT2D eigenvalue weighted by atomic mass is 10.1. The zero-order chi connectivity index (χ0) is 31.4. The van der Waals surface area contributed by atoms with Crippen LogP contribution < -0.4 is 9.62 Å². The van der Waals surface area contributed by atoms with Crippen LogP contribution in [0.15, 0.2) is 77.7 Å². The van der Waals surface area contributed by atoms with E-state index in [1.165, 1.54) is 36.1 Å². The van der Waals surface area contributed by atoms with Crippen LogP contribution in [0.1, 0.15) is 43.7 Å². The first-order valence-corrected chi connectivity index (χ1v) is 15.8. The summed E-state index contributed by atoms with van der Waals surface area (Å²) >= 11 is 12.0. The first-order chi connectivity index (χ1) is 20.3. The SMILES string of the molecule is C[C@@H](C(=O)NC1CCCC1)N(Cc1cccc(Cl)c1)C(=O)CN(c1ccc(Cl)c(C(F)(F)F)c1)S(=O)(=O)c1ccccc1. The summed E-state index contributed by atoms with van der Waals surface area (Å²) < 4.78 is 69.5.